The van der Waals surface area contributed by atoms with Crippen LogP contribution in [0.2, 0.25) is 0 Å². The first-order valence-corrected chi connectivity index (χ1v) is 10.8. The fourth-order valence-corrected chi connectivity index (χ4v) is 3.20. The predicted molar refractivity (Wildman–Crippen MR) is 118 cm³/mol. The van der Waals surface area contributed by atoms with Crippen LogP contribution < -0.4 is 16.0 Å². The van der Waals surface area contributed by atoms with Crippen LogP contribution in [0.25, 0.3) is 0 Å². The largest absolute Gasteiger partial charge is 0.357 e. The van der Waals surface area contributed by atoms with E-state index in [9.17, 15) is 9.59 Å². The Kier molecular flexibility index (Phi) is 9.47. The molecule has 160 valence electrons. The van der Waals surface area contributed by atoms with Crippen molar-refractivity contribution in [2.24, 2.45) is 10.9 Å². The van der Waals surface area contributed by atoms with Gasteiger partial charge in [-0.15, -0.1) is 0 Å². The Morgan fingerprint density at radius 2 is 1.90 bits per heavy atom. The van der Waals surface area contributed by atoms with Crippen molar-refractivity contribution in [3.63, 3.8) is 0 Å². The molecule has 7 nitrogen and oxygen atoms in total. The third-order valence-corrected chi connectivity index (χ3v) is 5.18. The zero-order valence-corrected chi connectivity index (χ0v) is 18.0. The third kappa shape index (κ3) is 7.40. The highest BCUT2D eigenvalue weighted by molar-refractivity contribution is 5.93. The van der Waals surface area contributed by atoms with Gasteiger partial charge in [-0.05, 0) is 51.3 Å². The van der Waals surface area contributed by atoms with Gasteiger partial charge in [0.1, 0.15) is 0 Å². The zero-order chi connectivity index (χ0) is 21.1. The van der Waals surface area contributed by atoms with Gasteiger partial charge >= 0.3 is 0 Å². The molecule has 1 fully saturated rings. The molecule has 29 heavy (non-hydrogen) atoms. The zero-order valence-electron chi connectivity index (χ0n) is 18.0. The minimum absolute atomic E-state index is 0.116. The molecule has 0 atom stereocenters. The molecule has 3 N–H and O–H groups in total. The van der Waals surface area contributed by atoms with Gasteiger partial charge in [0.15, 0.2) is 5.96 Å². The molecule has 1 aromatic rings. The second kappa shape index (κ2) is 12.1. The number of carbonyl (C=O) groups excluding carboxylic acids is 2. The van der Waals surface area contributed by atoms with Crippen molar-refractivity contribution in [3.8, 4) is 0 Å². The normalized spacial score (nSPS) is 14.1. The highest BCUT2D eigenvalue weighted by atomic mass is 16.2. The van der Waals surface area contributed by atoms with Gasteiger partial charge in [-0.25, -0.2) is 4.99 Å². The van der Waals surface area contributed by atoms with Crippen LogP contribution in [0, 0.1) is 5.92 Å². The van der Waals surface area contributed by atoms with Crippen LogP contribution >= 0.6 is 0 Å². The molecule has 1 aliphatic rings. The Balaban J connectivity index is 1.87. The third-order valence-electron chi connectivity index (χ3n) is 5.18. The number of carbonyl (C=O) groups is 2. The Hall–Kier alpha value is -2.57. The molecule has 1 aromatic carbocycles. The molecule has 0 spiro atoms. The lowest BCUT2D eigenvalue weighted by Gasteiger charge is -2.24. The first-order valence-electron chi connectivity index (χ1n) is 10.8. The van der Waals surface area contributed by atoms with Crippen LogP contribution in [0.1, 0.15) is 52.0 Å². The van der Waals surface area contributed by atoms with E-state index in [0.29, 0.717) is 25.5 Å². The van der Waals surface area contributed by atoms with Gasteiger partial charge in [0.05, 0.1) is 6.54 Å². The van der Waals surface area contributed by atoms with Crippen molar-refractivity contribution in [2.45, 2.75) is 53.0 Å². The standard InChI is InChI=1S/C22H35N5O2/c1-4-23-22(24-14-13-20(28)27(5-2)6-3)25-16-17-9-7-12-19(15-17)26-21(29)18-10-8-11-18/h7,9,12,15,18H,4-6,8,10-11,13-14,16H2,1-3H3,(H,26,29)(H2,23,24,25). The predicted octanol–water partition coefficient (Wildman–Crippen LogP) is 2.74. The van der Waals surface area contributed by atoms with E-state index in [4.69, 9.17) is 0 Å². The molecular weight excluding hydrogens is 366 g/mol. The smallest absolute Gasteiger partial charge is 0.227 e. The summed E-state index contributed by atoms with van der Waals surface area (Å²) in [7, 11) is 0. The quantitative estimate of drug-likeness (QED) is 0.416. The molecule has 0 saturated heterocycles. The maximum Gasteiger partial charge on any atom is 0.227 e. The van der Waals surface area contributed by atoms with E-state index >= 15 is 0 Å². The van der Waals surface area contributed by atoms with Crippen molar-refractivity contribution < 1.29 is 9.59 Å². The van der Waals surface area contributed by atoms with Gasteiger partial charge in [0.25, 0.3) is 0 Å². The fourth-order valence-electron chi connectivity index (χ4n) is 3.20. The van der Waals surface area contributed by atoms with Crippen LogP contribution in [-0.2, 0) is 16.1 Å². The van der Waals surface area contributed by atoms with E-state index in [1.54, 1.807) is 0 Å². The molecule has 0 heterocycles. The monoisotopic (exact) mass is 401 g/mol. The second-order valence-electron chi connectivity index (χ2n) is 7.26. The number of rotatable bonds is 10. The summed E-state index contributed by atoms with van der Waals surface area (Å²) < 4.78 is 0. The molecule has 0 bridgehead atoms. The maximum absolute atomic E-state index is 12.1. The molecule has 1 saturated carbocycles. The molecule has 0 unspecified atom stereocenters. The molecule has 0 aliphatic heterocycles. The first-order chi connectivity index (χ1) is 14.1. The average Bonchev–Trinajstić information content (AvgIpc) is 2.66. The number of anilines is 1. The minimum Gasteiger partial charge on any atom is -0.357 e. The van der Waals surface area contributed by atoms with E-state index in [0.717, 1.165) is 50.1 Å². The summed E-state index contributed by atoms with van der Waals surface area (Å²) in [6.07, 6.45) is 3.57. The minimum atomic E-state index is 0.116. The average molecular weight is 402 g/mol. The van der Waals surface area contributed by atoms with Crippen molar-refractivity contribution >= 4 is 23.5 Å². The SMILES string of the molecule is CCNC(=NCc1cccc(NC(=O)C2CCC2)c1)NCCC(=O)N(CC)CC. The van der Waals surface area contributed by atoms with Crippen molar-refractivity contribution in [3.05, 3.63) is 29.8 Å². The van der Waals surface area contributed by atoms with Crippen LogP contribution in [0.5, 0.6) is 0 Å². The van der Waals surface area contributed by atoms with E-state index in [-0.39, 0.29) is 17.7 Å². The van der Waals surface area contributed by atoms with Crippen molar-refractivity contribution in [1.29, 1.82) is 0 Å². The number of hydrogen-bond donors (Lipinski definition) is 3. The highest BCUT2D eigenvalue weighted by Crippen LogP contribution is 2.27. The van der Waals surface area contributed by atoms with Crippen molar-refractivity contribution in [2.75, 3.05) is 31.5 Å². The van der Waals surface area contributed by atoms with Crippen LogP contribution in [0.3, 0.4) is 0 Å². The molecule has 2 amide bonds. The summed E-state index contributed by atoms with van der Waals surface area (Å²) in [5, 5.41) is 9.43. The number of hydrogen-bond acceptors (Lipinski definition) is 3. The summed E-state index contributed by atoms with van der Waals surface area (Å²) in [6, 6.07) is 7.81. The van der Waals surface area contributed by atoms with E-state index in [2.05, 4.69) is 20.9 Å². The van der Waals surface area contributed by atoms with Gasteiger partial charge in [0.2, 0.25) is 11.8 Å². The molecule has 2 rings (SSSR count). The van der Waals surface area contributed by atoms with Gasteiger partial charge < -0.3 is 20.9 Å². The lowest BCUT2D eigenvalue weighted by molar-refractivity contribution is -0.130. The van der Waals surface area contributed by atoms with E-state index in [1.165, 1.54) is 0 Å². The van der Waals surface area contributed by atoms with Gasteiger partial charge in [0, 0.05) is 44.2 Å². The molecule has 7 heteroatoms. The van der Waals surface area contributed by atoms with E-state index in [1.807, 2.05) is 49.9 Å². The van der Waals surface area contributed by atoms with Crippen molar-refractivity contribution in [1.82, 2.24) is 15.5 Å². The number of nitrogens with zero attached hydrogens (tertiary/aromatic N) is 2. The number of aliphatic imine (C=N–C) groups is 1. The highest BCUT2D eigenvalue weighted by Gasteiger charge is 2.25. The summed E-state index contributed by atoms with van der Waals surface area (Å²) >= 11 is 0. The topological polar surface area (TPSA) is 85.8 Å². The number of guanidine groups is 1. The Morgan fingerprint density at radius 1 is 1.14 bits per heavy atom. The molecule has 0 radical (unpaired) electrons. The lowest BCUT2D eigenvalue weighted by atomic mass is 9.85. The Bertz CT molecular complexity index is 696. The fraction of sp³-hybridized carbons (Fsp3) is 0.591. The summed E-state index contributed by atoms with van der Waals surface area (Å²) in [6.45, 7) is 9.23. The first kappa shape index (κ1) is 22.7. The summed E-state index contributed by atoms with van der Waals surface area (Å²) in [5.74, 6) is 1.11. The van der Waals surface area contributed by atoms with E-state index < -0.39 is 0 Å². The Labute approximate surface area is 174 Å². The number of amides is 2. The van der Waals surface area contributed by atoms with Crippen LogP contribution in [0.15, 0.2) is 29.3 Å². The van der Waals surface area contributed by atoms with Crippen LogP contribution in [0.4, 0.5) is 5.69 Å². The number of nitrogens with one attached hydrogen (secondary N) is 3. The summed E-state index contributed by atoms with van der Waals surface area (Å²) in [4.78, 5) is 30.7. The maximum atomic E-state index is 12.1. The lowest BCUT2D eigenvalue weighted by Crippen LogP contribution is -2.40. The Morgan fingerprint density at radius 3 is 2.52 bits per heavy atom. The van der Waals surface area contributed by atoms with Gasteiger partial charge in [-0.3, -0.25) is 9.59 Å². The molecular formula is C22H35N5O2. The number of benzene rings is 1. The summed E-state index contributed by atoms with van der Waals surface area (Å²) in [5.41, 5.74) is 1.84. The molecule has 0 aromatic heterocycles. The van der Waals surface area contributed by atoms with Gasteiger partial charge in [-0.1, -0.05) is 18.6 Å². The van der Waals surface area contributed by atoms with Crippen LogP contribution in [-0.4, -0.2) is 48.9 Å². The van der Waals surface area contributed by atoms with Gasteiger partial charge in [-0.2, -0.15) is 0 Å². The second-order valence-corrected chi connectivity index (χ2v) is 7.26. The molecule has 1 aliphatic carbocycles.